The number of rotatable bonds is 8. The number of amides is 2. The summed E-state index contributed by atoms with van der Waals surface area (Å²) < 4.78 is 0. The van der Waals surface area contributed by atoms with Crippen LogP contribution in [0.2, 0.25) is 0 Å². The van der Waals surface area contributed by atoms with Gasteiger partial charge in [0.25, 0.3) is 11.8 Å². The Morgan fingerprint density at radius 2 is 1.47 bits per heavy atom. The van der Waals surface area contributed by atoms with Gasteiger partial charge in [0.05, 0.1) is 16.7 Å². The number of carbonyl (C=O) groups is 2. The van der Waals surface area contributed by atoms with Crippen LogP contribution in [0.3, 0.4) is 0 Å². The lowest BCUT2D eigenvalue weighted by Crippen LogP contribution is -2.35. The Balaban J connectivity index is 1.39. The van der Waals surface area contributed by atoms with Gasteiger partial charge in [0.1, 0.15) is 0 Å². The van der Waals surface area contributed by atoms with Crippen molar-refractivity contribution in [2.45, 2.75) is 63.4 Å². The van der Waals surface area contributed by atoms with Crippen molar-refractivity contribution in [2.24, 2.45) is 5.92 Å². The van der Waals surface area contributed by atoms with Crippen molar-refractivity contribution >= 4 is 11.8 Å². The molecule has 2 aliphatic rings. The first-order chi connectivity index (χ1) is 14.6. The van der Waals surface area contributed by atoms with Crippen LogP contribution in [0.1, 0.15) is 77.6 Å². The van der Waals surface area contributed by atoms with Crippen LogP contribution in [0.15, 0.2) is 54.6 Å². The molecule has 4 heteroatoms. The molecule has 30 heavy (non-hydrogen) atoms. The van der Waals surface area contributed by atoms with Gasteiger partial charge >= 0.3 is 0 Å². The molecule has 0 bridgehead atoms. The van der Waals surface area contributed by atoms with Gasteiger partial charge in [-0.1, -0.05) is 61.7 Å². The van der Waals surface area contributed by atoms with Crippen molar-refractivity contribution < 1.29 is 14.7 Å². The predicted octanol–water partition coefficient (Wildman–Crippen LogP) is 5.01. The molecule has 1 fully saturated rings. The Labute approximate surface area is 178 Å². The summed E-state index contributed by atoms with van der Waals surface area (Å²) in [5.74, 6) is -0.0204. The van der Waals surface area contributed by atoms with E-state index < -0.39 is 5.60 Å². The monoisotopic (exact) mass is 405 g/mol. The SMILES string of the molecule is O=C1c2ccccc2C(=O)N1CCCC(Cc1ccccc1)CC1(O)CCCCC1. The highest BCUT2D eigenvalue weighted by Gasteiger charge is 2.35. The van der Waals surface area contributed by atoms with Crippen molar-refractivity contribution in [1.82, 2.24) is 4.90 Å². The lowest BCUT2D eigenvalue weighted by molar-refractivity contribution is -0.0189. The van der Waals surface area contributed by atoms with Gasteiger partial charge in [-0.3, -0.25) is 14.5 Å². The van der Waals surface area contributed by atoms with Crippen molar-refractivity contribution in [1.29, 1.82) is 0 Å². The maximum absolute atomic E-state index is 12.6. The Kier molecular flexibility index (Phi) is 6.33. The number of carbonyl (C=O) groups excluding carboxylic acids is 2. The molecule has 4 nitrogen and oxygen atoms in total. The van der Waals surface area contributed by atoms with E-state index in [9.17, 15) is 14.7 Å². The van der Waals surface area contributed by atoms with Crippen molar-refractivity contribution in [3.05, 3.63) is 71.3 Å². The summed E-state index contributed by atoms with van der Waals surface area (Å²) in [6, 6.07) is 17.5. The molecule has 2 aromatic rings. The maximum atomic E-state index is 12.6. The van der Waals surface area contributed by atoms with Gasteiger partial charge in [-0.05, 0) is 62.1 Å². The van der Waals surface area contributed by atoms with E-state index in [1.807, 2.05) is 6.07 Å². The highest BCUT2D eigenvalue weighted by Crippen LogP contribution is 2.36. The molecule has 0 spiro atoms. The summed E-state index contributed by atoms with van der Waals surface area (Å²) >= 11 is 0. The molecule has 2 amide bonds. The fraction of sp³-hybridized carbons (Fsp3) is 0.462. The van der Waals surface area contributed by atoms with Crippen molar-refractivity contribution in [3.8, 4) is 0 Å². The molecule has 1 aliphatic carbocycles. The molecule has 0 radical (unpaired) electrons. The molecule has 1 N–H and O–H groups in total. The Morgan fingerprint density at radius 1 is 0.867 bits per heavy atom. The normalized spacial score (nSPS) is 19.0. The first-order valence-electron chi connectivity index (χ1n) is 11.3. The fourth-order valence-corrected chi connectivity index (χ4v) is 5.16. The molecular weight excluding hydrogens is 374 g/mol. The largest absolute Gasteiger partial charge is 0.390 e. The highest BCUT2D eigenvalue weighted by atomic mass is 16.3. The van der Waals surface area contributed by atoms with Gasteiger partial charge in [-0.25, -0.2) is 0 Å². The molecule has 2 aromatic carbocycles. The Bertz CT molecular complexity index is 851. The van der Waals surface area contributed by atoms with Gasteiger partial charge in [0.2, 0.25) is 0 Å². The minimum atomic E-state index is -0.562. The Hall–Kier alpha value is -2.46. The minimum absolute atomic E-state index is 0.180. The van der Waals surface area contributed by atoms with E-state index in [-0.39, 0.29) is 11.8 Å². The van der Waals surface area contributed by atoms with Crippen LogP contribution >= 0.6 is 0 Å². The summed E-state index contributed by atoms with van der Waals surface area (Å²) in [6.45, 7) is 0.441. The van der Waals surface area contributed by atoms with Gasteiger partial charge in [0.15, 0.2) is 0 Å². The average molecular weight is 406 g/mol. The second kappa shape index (κ2) is 9.13. The van der Waals surface area contributed by atoms with E-state index in [4.69, 9.17) is 0 Å². The zero-order valence-corrected chi connectivity index (χ0v) is 17.6. The molecule has 1 unspecified atom stereocenters. The van der Waals surface area contributed by atoms with Crippen LogP contribution in [0, 0.1) is 5.92 Å². The Morgan fingerprint density at radius 3 is 2.10 bits per heavy atom. The quantitative estimate of drug-likeness (QED) is 0.628. The maximum Gasteiger partial charge on any atom is 0.261 e. The first-order valence-corrected chi connectivity index (χ1v) is 11.3. The summed E-state index contributed by atoms with van der Waals surface area (Å²) in [4.78, 5) is 26.6. The summed E-state index contributed by atoms with van der Waals surface area (Å²) in [5, 5.41) is 11.1. The molecule has 4 rings (SSSR count). The van der Waals surface area contributed by atoms with Crippen LogP contribution in [0.4, 0.5) is 0 Å². The molecule has 1 saturated carbocycles. The van der Waals surface area contributed by atoms with Crippen molar-refractivity contribution in [2.75, 3.05) is 6.54 Å². The molecule has 1 aliphatic heterocycles. The molecule has 1 atom stereocenters. The molecule has 0 saturated heterocycles. The second-order valence-corrected chi connectivity index (χ2v) is 8.99. The van der Waals surface area contributed by atoms with Gasteiger partial charge in [-0.15, -0.1) is 0 Å². The first kappa shape index (κ1) is 20.8. The fourth-order valence-electron chi connectivity index (χ4n) is 5.16. The lowest BCUT2D eigenvalue weighted by atomic mass is 9.76. The van der Waals surface area contributed by atoms with E-state index in [0.717, 1.165) is 51.4 Å². The van der Waals surface area contributed by atoms with Crippen LogP contribution in [-0.4, -0.2) is 34.0 Å². The third kappa shape index (κ3) is 4.65. The van der Waals surface area contributed by atoms with Crippen LogP contribution in [0.5, 0.6) is 0 Å². The summed E-state index contributed by atoms with van der Waals surface area (Å²) in [5.41, 5.74) is 1.75. The molecule has 0 aromatic heterocycles. The van der Waals surface area contributed by atoms with E-state index in [0.29, 0.717) is 23.6 Å². The summed E-state index contributed by atoms with van der Waals surface area (Å²) in [7, 11) is 0. The van der Waals surface area contributed by atoms with E-state index in [1.165, 1.54) is 16.9 Å². The van der Waals surface area contributed by atoms with E-state index in [2.05, 4.69) is 24.3 Å². The van der Waals surface area contributed by atoms with E-state index in [1.54, 1.807) is 24.3 Å². The number of nitrogens with zero attached hydrogens (tertiary/aromatic N) is 1. The number of fused-ring (bicyclic) bond motifs is 1. The van der Waals surface area contributed by atoms with Gasteiger partial charge < -0.3 is 5.11 Å². The average Bonchev–Trinajstić information content (AvgIpc) is 3.00. The molecular formula is C26H31NO3. The van der Waals surface area contributed by atoms with Gasteiger partial charge in [-0.2, -0.15) is 0 Å². The van der Waals surface area contributed by atoms with Gasteiger partial charge in [0, 0.05) is 6.54 Å². The number of hydrogen-bond acceptors (Lipinski definition) is 3. The molecule has 1 heterocycles. The topological polar surface area (TPSA) is 57.6 Å². The molecule has 158 valence electrons. The third-order valence-corrected chi connectivity index (χ3v) is 6.69. The van der Waals surface area contributed by atoms with Crippen LogP contribution in [-0.2, 0) is 6.42 Å². The number of aliphatic hydroxyl groups is 1. The number of hydrogen-bond donors (Lipinski definition) is 1. The van der Waals surface area contributed by atoms with Crippen LogP contribution in [0.25, 0.3) is 0 Å². The van der Waals surface area contributed by atoms with Crippen LogP contribution < -0.4 is 0 Å². The summed E-state index contributed by atoms with van der Waals surface area (Å²) in [6.07, 6.45) is 8.56. The number of imide groups is 1. The lowest BCUT2D eigenvalue weighted by Gasteiger charge is -2.35. The smallest absolute Gasteiger partial charge is 0.261 e. The third-order valence-electron chi connectivity index (χ3n) is 6.69. The second-order valence-electron chi connectivity index (χ2n) is 8.99. The standard InChI is InChI=1S/C26H31NO3/c28-24-22-13-5-6-14-23(22)25(29)27(24)17-9-12-21(18-20-10-3-1-4-11-20)19-26(30)15-7-2-8-16-26/h1,3-6,10-11,13-14,21,30H,2,7-9,12,15-19H2. The zero-order valence-electron chi connectivity index (χ0n) is 17.6. The highest BCUT2D eigenvalue weighted by molar-refractivity contribution is 6.21. The zero-order chi connectivity index (χ0) is 21.0. The number of benzene rings is 2. The predicted molar refractivity (Wildman–Crippen MR) is 117 cm³/mol. The van der Waals surface area contributed by atoms with E-state index >= 15 is 0 Å². The minimum Gasteiger partial charge on any atom is -0.390 e. The van der Waals surface area contributed by atoms with Crippen molar-refractivity contribution in [3.63, 3.8) is 0 Å².